The first-order valence-corrected chi connectivity index (χ1v) is 9.61. The first-order valence-electron chi connectivity index (χ1n) is 9.61. The van der Waals surface area contributed by atoms with Crippen LogP contribution in [0.15, 0.2) is 36.4 Å². The molecule has 1 aromatic carbocycles. The number of carbonyl (C=O) groups excluding carboxylic acids is 1. The van der Waals surface area contributed by atoms with Crippen molar-refractivity contribution in [3.63, 3.8) is 0 Å². The van der Waals surface area contributed by atoms with Gasteiger partial charge in [0, 0.05) is 24.2 Å². The van der Waals surface area contributed by atoms with Crippen molar-refractivity contribution in [3.05, 3.63) is 59.0 Å². The Morgan fingerprint density at radius 2 is 1.96 bits per heavy atom. The molecule has 0 bridgehead atoms. The van der Waals surface area contributed by atoms with E-state index in [2.05, 4.69) is 9.97 Å². The molecule has 1 aliphatic rings. The Kier molecular flexibility index (Phi) is 5.03. The second-order valence-electron chi connectivity index (χ2n) is 7.50. The van der Waals surface area contributed by atoms with Crippen molar-refractivity contribution >= 4 is 16.9 Å². The molecular formula is C22H24FN3O2. The van der Waals surface area contributed by atoms with Crippen molar-refractivity contribution in [2.45, 2.75) is 26.2 Å². The van der Waals surface area contributed by atoms with Gasteiger partial charge in [0.25, 0.3) is 5.91 Å². The molecule has 0 radical (unpaired) electrons. The standard InChI is InChI=1S/C22H24FN3O2/c1-14-11-17-13-19(21(28-2)25-20(17)24-14)22(27)26-9-7-16(8-10-26)12-15-3-5-18(23)6-4-15/h3-6,11,13,16H,7-10,12H2,1-2H3,(H,24,25). The number of nitrogens with zero attached hydrogens (tertiary/aromatic N) is 2. The van der Waals surface area contributed by atoms with E-state index in [4.69, 9.17) is 4.74 Å². The fraction of sp³-hybridized carbons (Fsp3) is 0.364. The molecule has 6 heteroatoms. The number of H-pyrrole nitrogens is 1. The number of piperidine rings is 1. The van der Waals surface area contributed by atoms with E-state index in [1.54, 1.807) is 0 Å². The van der Waals surface area contributed by atoms with Crippen LogP contribution in [0.25, 0.3) is 11.0 Å². The van der Waals surface area contributed by atoms with Gasteiger partial charge in [-0.3, -0.25) is 4.79 Å². The number of hydrogen-bond donors (Lipinski definition) is 1. The molecule has 2 aromatic heterocycles. The Hall–Kier alpha value is -2.89. The van der Waals surface area contributed by atoms with Gasteiger partial charge in [0.15, 0.2) is 0 Å². The Bertz CT molecular complexity index is 989. The summed E-state index contributed by atoms with van der Waals surface area (Å²) < 4.78 is 18.4. The first kappa shape index (κ1) is 18.5. The number of aryl methyl sites for hydroxylation is 1. The number of ether oxygens (including phenoxy) is 1. The number of amides is 1. The second kappa shape index (κ2) is 7.62. The zero-order chi connectivity index (χ0) is 19.7. The predicted molar refractivity (Wildman–Crippen MR) is 106 cm³/mol. The molecule has 146 valence electrons. The average molecular weight is 381 g/mol. The van der Waals surface area contributed by atoms with E-state index in [0.29, 0.717) is 30.5 Å². The molecular weight excluding hydrogens is 357 g/mol. The third kappa shape index (κ3) is 3.72. The highest BCUT2D eigenvalue weighted by atomic mass is 19.1. The summed E-state index contributed by atoms with van der Waals surface area (Å²) in [5, 5.41) is 0.910. The highest BCUT2D eigenvalue weighted by Gasteiger charge is 2.26. The summed E-state index contributed by atoms with van der Waals surface area (Å²) in [6, 6.07) is 10.5. The third-order valence-corrected chi connectivity index (χ3v) is 5.47. The Balaban J connectivity index is 1.45. The Morgan fingerprint density at radius 3 is 2.64 bits per heavy atom. The van der Waals surface area contributed by atoms with Gasteiger partial charge in [0.05, 0.1) is 7.11 Å². The van der Waals surface area contributed by atoms with Gasteiger partial charge < -0.3 is 14.6 Å². The van der Waals surface area contributed by atoms with E-state index >= 15 is 0 Å². The maximum Gasteiger partial charge on any atom is 0.259 e. The second-order valence-corrected chi connectivity index (χ2v) is 7.50. The monoisotopic (exact) mass is 381 g/mol. The van der Waals surface area contributed by atoms with Crippen molar-refractivity contribution in [2.75, 3.05) is 20.2 Å². The summed E-state index contributed by atoms with van der Waals surface area (Å²) in [6.45, 7) is 3.37. The van der Waals surface area contributed by atoms with Crippen LogP contribution in [0, 0.1) is 18.7 Å². The minimum Gasteiger partial charge on any atom is -0.480 e. The lowest BCUT2D eigenvalue weighted by molar-refractivity contribution is 0.0686. The normalized spacial score (nSPS) is 15.2. The number of benzene rings is 1. The fourth-order valence-electron chi connectivity index (χ4n) is 3.95. The van der Waals surface area contributed by atoms with Gasteiger partial charge in [-0.25, -0.2) is 4.39 Å². The van der Waals surface area contributed by atoms with Crippen molar-refractivity contribution in [3.8, 4) is 5.88 Å². The van der Waals surface area contributed by atoms with Crippen molar-refractivity contribution in [1.29, 1.82) is 0 Å². The largest absolute Gasteiger partial charge is 0.480 e. The third-order valence-electron chi connectivity index (χ3n) is 5.47. The van der Waals surface area contributed by atoms with Crippen LogP contribution in [-0.2, 0) is 6.42 Å². The van der Waals surface area contributed by atoms with Crippen LogP contribution < -0.4 is 4.74 Å². The molecule has 5 nitrogen and oxygen atoms in total. The van der Waals surface area contributed by atoms with Gasteiger partial charge in [-0.05, 0) is 61.9 Å². The van der Waals surface area contributed by atoms with Crippen LogP contribution >= 0.6 is 0 Å². The summed E-state index contributed by atoms with van der Waals surface area (Å²) in [6.07, 6.45) is 2.79. The fourth-order valence-corrected chi connectivity index (χ4v) is 3.95. The molecule has 1 N–H and O–H groups in total. The molecule has 1 amide bonds. The molecule has 1 fully saturated rings. The lowest BCUT2D eigenvalue weighted by Gasteiger charge is -2.32. The lowest BCUT2D eigenvalue weighted by Crippen LogP contribution is -2.39. The van der Waals surface area contributed by atoms with Crippen LogP contribution in [0.1, 0.15) is 34.5 Å². The maximum atomic E-state index is 13.1. The molecule has 3 aromatic rings. The van der Waals surface area contributed by atoms with Gasteiger partial charge in [-0.1, -0.05) is 12.1 Å². The highest BCUT2D eigenvalue weighted by molar-refractivity contribution is 5.99. The maximum absolute atomic E-state index is 13.1. The number of rotatable bonds is 4. The zero-order valence-corrected chi connectivity index (χ0v) is 16.2. The van der Waals surface area contributed by atoms with Crippen LogP contribution in [0.5, 0.6) is 5.88 Å². The number of hydrogen-bond acceptors (Lipinski definition) is 3. The van der Waals surface area contributed by atoms with E-state index in [0.717, 1.165) is 41.6 Å². The number of aromatic nitrogens is 2. The first-order chi connectivity index (χ1) is 13.5. The summed E-state index contributed by atoms with van der Waals surface area (Å²) in [7, 11) is 1.54. The van der Waals surface area contributed by atoms with Gasteiger partial charge in [-0.15, -0.1) is 0 Å². The average Bonchev–Trinajstić information content (AvgIpc) is 3.07. The number of methoxy groups -OCH3 is 1. The quantitative estimate of drug-likeness (QED) is 0.740. The number of aromatic amines is 1. The highest BCUT2D eigenvalue weighted by Crippen LogP contribution is 2.27. The topological polar surface area (TPSA) is 58.2 Å². The molecule has 4 rings (SSSR count). The molecule has 0 saturated carbocycles. The number of nitrogens with one attached hydrogen (secondary N) is 1. The number of likely N-dealkylation sites (tertiary alicyclic amines) is 1. The van der Waals surface area contributed by atoms with Gasteiger partial charge >= 0.3 is 0 Å². The number of fused-ring (bicyclic) bond motifs is 1. The molecule has 0 unspecified atom stereocenters. The Morgan fingerprint density at radius 1 is 1.25 bits per heavy atom. The summed E-state index contributed by atoms with van der Waals surface area (Å²) in [5.41, 5.74) is 3.37. The van der Waals surface area contributed by atoms with Gasteiger partial charge in [0.1, 0.15) is 17.0 Å². The number of carbonyl (C=O) groups is 1. The van der Waals surface area contributed by atoms with E-state index < -0.39 is 0 Å². The van der Waals surface area contributed by atoms with E-state index in [1.165, 1.54) is 19.2 Å². The van der Waals surface area contributed by atoms with E-state index in [-0.39, 0.29) is 11.7 Å². The molecule has 0 spiro atoms. The predicted octanol–water partition coefficient (Wildman–Crippen LogP) is 4.11. The van der Waals surface area contributed by atoms with Crippen molar-refractivity contribution < 1.29 is 13.9 Å². The zero-order valence-electron chi connectivity index (χ0n) is 16.2. The number of halogens is 1. The van der Waals surface area contributed by atoms with Gasteiger partial charge in [-0.2, -0.15) is 4.98 Å². The van der Waals surface area contributed by atoms with Crippen LogP contribution in [0.2, 0.25) is 0 Å². The summed E-state index contributed by atoms with van der Waals surface area (Å²) >= 11 is 0. The van der Waals surface area contributed by atoms with Crippen LogP contribution in [-0.4, -0.2) is 41.0 Å². The molecule has 1 aliphatic heterocycles. The number of pyridine rings is 1. The molecule has 0 atom stereocenters. The summed E-state index contributed by atoms with van der Waals surface area (Å²) in [5.74, 6) is 0.615. The minimum absolute atomic E-state index is 0.0367. The lowest BCUT2D eigenvalue weighted by atomic mass is 9.90. The van der Waals surface area contributed by atoms with E-state index in [1.807, 2.05) is 36.1 Å². The van der Waals surface area contributed by atoms with Crippen LogP contribution in [0.3, 0.4) is 0 Å². The summed E-state index contributed by atoms with van der Waals surface area (Å²) in [4.78, 5) is 22.6. The van der Waals surface area contributed by atoms with Crippen molar-refractivity contribution in [1.82, 2.24) is 14.9 Å². The smallest absolute Gasteiger partial charge is 0.259 e. The molecule has 3 heterocycles. The molecule has 0 aliphatic carbocycles. The van der Waals surface area contributed by atoms with E-state index in [9.17, 15) is 9.18 Å². The van der Waals surface area contributed by atoms with Crippen LogP contribution in [0.4, 0.5) is 4.39 Å². The Labute approximate surface area is 163 Å². The minimum atomic E-state index is -0.207. The van der Waals surface area contributed by atoms with Crippen molar-refractivity contribution in [2.24, 2.45) is 5.92 Å². The van der Waals surface area contributed by atoms with Gasteiger partial charge in [0.2, 0.25) is 5.88 Å². The molecule has 28 heavy (non-hydrogen) atoms. The molecule has 1 saturated heterocycles. The SMILES string of the molecule is COc1nc2[nH]c(C)cc2cc1C(=O)N1CCC(Cc2ccc(F)cc2)CC1.